The second-order valence-corrected chi connectivity index (χ2v) is 5.33. The van der Waals surface area contributed by atoms with E-state index in [2.05, 4.69) is 5.16 Å². The monoisotopic (exact) mass is 275 g/mol. The molecule has 0 aliphatic carbocycles. The SMILES string of the molecule is CCC(CC)(C(=O)N(C)CCCSC)C(N)=NO. The van der Waals surface area contributed by atoms with E-state index in [0.717, 1.165) is 12.2 Å². The zero-order valence-electron chi connectivity index (χ0n) is 11.8. The minimum atomic E-state index is -0.872. The van der Waals surface area contributed by atoms with Crippen LogP contribution in [0.1, 0.15) is 33.1 Å². The molecule has 0 saturated heterocycles. The maximum absolute atomic E-state index is 12.5. The predicted molar refractivity (Wildman–Crippen MR) is 77.1 cm³/mol. The van der Waals surface area contributed by atoms with Crippen molar-refractivity contribution in [2.24, 2.45) is 16.3 Å². The van der Waals surface area contributed by atoms with Crippen molar-refractivity contribution in [2.75, 3.05) is 25.6 Å². The first-order chi connectivity index (χ1) is 8.49. The summed E-state index contributed by atoms with van der Waals surface area (Å²) in [7, 11) is 1.77. The molecule has 0 saturated carbocycles. The molecule has 0 unspecified atom stereocenters. The normalized spacial score (nSPS) is 12.6. The average molecular weight is 275 g/mol. The fourth-order valence-corrected chi connectivity index (χ4v) is 2.45. The van der Waals surface area contributed by atoms with E-state index in [1.54, 1.807) is 23.7 Å². The molecule has 0 radical (unpaired) electrons. The summed E-state index contributed by atoms with van der Waals surface area (Å²) in [6, 6.07) is 0. The molecule has 0 bridgehead atoms. The number of nitrogens with zero attached hydrogens (tertiary/aromatic N) is 2. The highest BCUT2D eigenvalue weighted by Gasteiger charge is 2.41. The first-order valence-electron chi connectivity index (χ1n) is 6.22. The van der Waals surface area contributed by atoms with Gasteiger partial charge in [-0.2, -0.15) is 11.8 Å². The first-order valence-corrected chi connectivity index (χ1v) is 7.62. The minimum Gasteiger partial charge on any atom is -0.409 e. The van der Waals surface area contributed by atoms with Gasteiger partial charge in [-0.25, -0.2) is 0 Å². The van der Waals surface area contributed by atoms with Crippen molar-refractivity contribution in [1.82, 2.24) is 4.90 Å². The van der Waals surface area contributed by atoms with Gasteiger partial charge in [0.05, 0.1) is 0 Å². The molecule has 0 fully saturated rings. The Balaban J connectivity index is 4.86. The highest BCUT2D eigenvalue weighted by atomic mass is 32.2. The Morgan fingerprint density at radius 2 is 2.00 bits per heavy atom. The molecule has 3 N–H and O–H groups in total. The third kappa shape index (κ3) is 3.80. The lowest BCUT2D eigenvalue weighted by molar-refractivity contribution is -0.137. The van der Waals surface area contributed by atoms with Crippen LogP contribution in [0.2, 0.25) is 0 Å². The molecule has 6 heteroatoms. The summed E-state index contributed by atoms with van der Waals surface area (Å²) >= 11 is 1.76. The van der Waals surface area contributed by atoms with Gasteiger partial charge in [0.1, 0.15) is 5.41 Å². The molecule has 0 heterocycles. The van der Waals surface area contributed by atoms with E-state index in [0.29, 0.717) is 19.4 Å². The number of nitrogens with two attached hydrogens (primary N) is 1. The summed E-state index contributed by atoms with van der Waals surface area (Å²) < 4.78 is 0. The van der Waals surface area contributed by atoms with Crippen LogP contribution in [0.5, 0.6) is 0 Å². The second kappa shape index (κ2) is 8.24. The van der Waals surface area contributed by atoms with E-state index in [9.17, 15) is 4.79 Å². The van der Waals surface area contributed by atoms with Crippen LogP contribution < -0.4 is 5.73 Å². The largest absolute Gasteiger partial charge is 0.409 e. The van der Waals surface area contributed by atoms with Crippen LogP contribution >= 0.6 is 11.8 Å². The molecule has 0 rings (SSSR count). The zero-order valence-corrected chi connectivity index (χ0v) is 12.6. The van der Waals surface area contributed by atoms with Gasteiger partial charge < -0.3 is 15.8 Å². The topological polar surface area (TPSA) is 78.9 Å². The van der Waals surface area contributed by atoms with Crippen molar-refractivity contribution < 1.29 is 10.0 Å². The summed E-state index contributed by atoms with van der Waals surface area (Å²) in [4.78, 5) is 14.2. The van der Waals surface area contributed by atoms with Crippen molar-refractivity contribution >= 4 is 23.5 Å². The molecular weight excluding hydrogens is 250 g/mol. The van der Waals surface area contributed by atoms with Crippen molar-refractivity contribution in [3.05, 3.63) is 0 Å². The Labute approximate surface area is 114 Å². The van der Waals surface area contributed by atoms with Gasteiger partial charge in [-0.15, -0.1) is 0 Å². The summed E-state index contributed by atoms with van der Waals surface area (Å²) in [5.41, 5.74) is 4.84. The van der Waals surface area contributed by atoms with E-state index < -0.39 is 5.41 Å². The summed E-state index contributed by atoms with van der Waals surface area (Å²) in [6.07, 6.45) is 4.06. The van der Waals surface area contributed by atoms with Gasteiger partial charge in [-0.05, 0) is 31.3 Å². The lowest BCUT2D eigenvalue weighted by Gasteiger charge is -2.33. The van der Waals surface area contributed by atoms with Crippen LogP contribution in [0.15, 0.2) is 5.16 Å². The zero-order chi connectivity index (χ0) is 14.2. The van der Waals surface area contributed by atoms with E-state index in [1.165, 1.54) is 0 Å². The molecule has 0 aromatic rings. The van der Waals surface area contributed by atoms with Gasteiger partial charge in [0.25, 0.3) is 0 Å². The number of hydrogen-bond acceptors (Lipinski definition) is 4. The molecule has 1 amide bonds. The van der Waals surface area contributed by atoms with Gasteiger partial charge >= 0.3 is 0 Å². The number of amides is 1. The number of hydrogen-bond donors (Lipinski definition) is 2. The molecule has 0 aliphatic rings. The number of carbonyl (C=O) groups is 1. The summed E-state index contributed by atoms with van der Waals surface area (Å²) in [5, 5.41) is 11.9. The van der Waals surface area contributed by atoms with E-state index in [4.69, 9.17) is 10.9 Å². The Kier molecular flexibility index (Phi) is 7.82. The van der Waals surface area contributed by atoms with Crippen molar-refractivity contribution in [1.29, 1.82) is 0 Å². The molecule has 0 aromatic heterocycles. The number of oxime groups is 1. The molecule has 106 valence electrons. The number of thioether (sulfide) groups is 1. The van der Waals surface area contributed by atoms with Crippen LogP contribution in [0, 0.1) is 5.41 Å². The van der Waals surface area contributed by atoms with Crippen LogP contribution in [0.25, 0.3) is 0 Å². The van der Waals surface area contributed by atoms with Gasteiger partial charge in [0.15, 0.2) is 5.84 Å². The first kappa shape index (κ1) is 17.1. The third-order valence-corrected chi connectivity index (χ3v) is 4.10. The van der Waals surface area contributed by atoms with E-state index in [1.807, 2.05) is 20.1 Å². The molecule has 0 spiro atoms. The fraction of sp³-hybridized carbons (Fsp3) is 0.833. The number of carbonyl (C=O) groups excluding carboxylic acids is 1. The molecule has 0 aliphatic heterocycles. The van der Waals surface area contributed by atoms with Crippen LogP contribution in [-0.2, 0) is 4.79 Å². The lowest BCUT2D eigenvalue weighted by Crippen LogP contribution is -2.50. The van der Waals surface area contributed by atoms with Gasteiger partial charge in [0.2, 0.25) is 5.91 Å². The van der Waals surface area contributed by atoms with Gasteiger partial charge in [0, 0.05) is 13.6 Å². The summed E-state index contributed by atoms with van der Waals surface area (Å²) in [6.45, 7) is 4.46. The predicted octanol–water partition coefficient (Wildman–Crippen LogP) is 1.75. The number of amidine groups is 1. The molecule has 5 nitrogen and oxygen atoms in total. The lowest BCUT2D eigenvalue weighted by atomic mass is 9.79. The Morgan fingerprint density at radius 1 is 1.44 bits per heavy atom. The van der Waals surface area contributed by atoms with Crippen molar-refractivity contribution in [3.8, 4) is 0 Å². The van der Waals surface area contributed by atoms with Crippen molar-refractivity contribution in [3.63, 3.8) is 0 Å². The molecular formula is C12H25N3O2S. The smallest absolute Gasteiger partial charge is 0.236 e. The quantitative estimate of drug-likeness (QED) is 0.232. The maximum atomic E-state index is 12.5. The minimum absolute atomic E-state index is 0.00853. The summed E-state index contributed by atoms with van der Waals surface area (Å²) in [5.74, 6) is 0.963. The molecule has 18 heavy (non-hydrogen) atoms. The van der Waals surface area contributed by atoms with Crippen LogP contribution in [0.4, 0.5) is 0 Å². The Bertz CT molecular complexity index is 291. The number of rotatable bonds is 8. The van der Waals surface area contributed by atoms with Gasteiger partial charge in [-0.3, -0.25) is 4.79 Å². The van der Waals surface area contributed by atoms with Crippen LogP contribution in [0.3, 0.4) is 0 Å². The van der Waals surface area contributed by atoms with Gasteiger partial charge in [-0.1, -0.05) is 19.0 Å². The van der Waals surface area contributed by atoms with Crippen LogP contribution in [-0.4, -0.2) is 47.5 Å². The Morgan fingerprint density at radius 3 is 2.39 bits per heavy atom. The molecule has 0 atom stereocenters. The highest BCUT2D eigenvalue weighted by Crippen LogP contribution is 2.29. The highest BCUT2D eigenvalue weighted by molar-refractivity contribution is 7.98. The van der Waals surface area contributed by atoms with E-state index >= 15 is 0 Å². The fourth-order valence-electron chi connectivity index (χ4n) is 2.03. The molecule has 0 aromatic carbocycles. The average Bonchev–Trinajstić information content (AvgIpc) is 2.40. The Hall–Kier alpha value is -0.910. The van der Waals surface area contributed by atoms with E-state index in [-0.39, 0.29) is 11.7 Å². The standard InChI is InChI=1S/C12H25N3O2S/c1-5-12(6-2,10(13)14-17)11(16)15(3)8-7-9-18-4/h17H,5-9H2,1-4H3,(H2,13,14). The maximum Gasteiger partial charge on any atom is 0.236 e. The van der Waals surface area contributed by atoms with Crippen molar-refractivity contribution in [2.45, 2.75) is 33.1 Å². The third-order valence-electron chi connectivity index (χ3n) is 3.40. The second-order valence-electron chi connectivity index (χ2n) is 4.35.